The van der Waals surface area contributed by atoms with Crippen molar-refractivity contribution in [2.24, 2.45) is 0 Å². The first-order valence-electron chi connectivity index (χ1n) is 10.4. The maximum absolute atomic E-state index is 13.1. The molecule has 0 atom stereocenters. The van der Waals surface area contributed by atoms with E-state index in [1.807, 2.05) is 24.3 Å². The summed E-state index contributed by atoms with van der Waals surface area (Å²) in [6, 6.07) is 12.6. The summed E-state index contributed by atoms with van der Waals surface area (Å²) in [6.45, 7) is 1.15. The van der Waals surface area contributed by atoms with Crippen LogP contribution in [0.1, 0.15) is 28.1 Å². The Balaban J connectivity index is 1.30. The Labute approximate surface area is 181 Å². The minimum Gasteiger partial charge on any atom is -0.493 e. The van der Waals surface area contributed by atoms with Crippen LogP contribution in [0, 0.1) is 0 Å². The summed E-state index contributed by atoms with van der Waals surface area (Å²) in [7, 11) is -2.02. The van der Waals surface area contributed by atoms with Gasteiger partial charge in [0, 0.05) is 31.6 Å². The number of nitrogens with zero attached hydrogens (tertiary/aromatic N) is 2. The van der Waals surface area contributed by atoms with Gasteiger partial charge in [-0.25, -0.2) is 8.42 Å². The molecule has 1 saturated heterocycles. The fourth-order valence-electron chi connectivity index (χ4n) is 4.45. The summed E-state index contributed by atoms with van der Waals surface area (Å²) in [5.74, 6) is 0.559. The Morgan fingerprint density at radius 3 is 2.55 bits per heavy atom. The molecule has 0 radical (unpaired) electrons. The molecule has 1 amide bonds. The Morgan fingerprint density at radius 2 is 1.77 bits per heavy atom. The van der Waals surface area contributed by atoms with E-state index >= 15 is 0 Å². The van der Waals surface area contributed by atoms with Gasteiger partial charge in [-0.3, -0.25) is 4.79 Å². The number of furan rings is 1. The average molecular weight is 441 g/mol. The molecule has 0 spiro atoms. The number of carbonyl (C=O) groups excluding carboxylic acids is 1. The van der Waals surface area contributed by atoms with Crippen LogP contribution in [0.4, 0.5) is 0 Å². The second kappa shape index (κ2) is 7.69. The second-order valence-electron chi connectivity index (χ2n) is 7.97. The van der Waals surface area contributed by atoms with Crippen LogP contribution in [0.25, 0.3) is 11.0 Å². The molecule has 2 heterocycles. The molecule has 0 bridgehead atoms. The standard InChI is InChI=1S/C23H24N2O5S/c1-29-20-7-3-6-18-15-21(30-22(18)20)23(26)24-10-12-25(13-11-24)31(27,28)19-9-8-16-4-2-5-17(16)14-19/h3,6-9,14-15H,2,4-5,10-13H2,1H3. The van der Waals surface area contributed by atoms with Crippen LogP contribution < -0.4 is 4.74 Å². The van der Waals surface area contributed by atoms with Gasteiger partial charge in [0.15, 0.2) is 17.1 Å². The van der Waals surface area contributed by atoms with Crippen molar-refractivity contribution < 1.29 is 22.4 Å². The van der Waals surface area contributed by atoms with Gasteiger partial charge in [0.2, 0.25) is 10.0 Å². The van der Waals surface area contributed by atoms with Gasteiger partial charge >= 0.3 is 0 Å². The Bertz CT molecular complexity index is 1260. The third-order valence-corrected chi connectivity index (χ3v) is 8.07. The van der Waals surface area contributed by atoms with Crippen LogP contribution >= 0.6 is 0 Å². The van der Waals surface area contributed by atoms with Crippen molar-refractivity contribution in [3.63, 3.8) is 0 Å². The highest BCUT2D eigenvalue weighted by atomic mass is 32.2. The van der Waals surface area contributed by atoms with Crippen LogP contribution in [-0.2, 0) is 22.9 Å². The Kier molecular flexibility index (Phi) is 4.98. The molecule has 7 nitrogen and oxygen atoms in total. The smallest absolute Gasteiger partial charge is 0.289 e. The number of aryl methyl sites for hydroxylation is 2. The molecule has 0 N–H and O–H groups in total. The third kappa shape index (κ3) is 3.49. The molecule has 0 saturated carbocycles. The maximum atomic E-state index is 13.1. The van der Waals surface area contributed by atoms with Crippen molar-refractivity contribution in [1.82, 2.24) is 9.21 Å². The predicted octanol–water partition coefficient (Wildman–Crippen LogP) is 3.08. The van der Waals surface area contributed by atoms with Crippen LogP contribution in [-0.4, -0.2) is 56.8 Å². The first-order chi connectivity index (χ1) is 15.0. The number of fused-ring (bicyclic) bond motifs is 2. The molecule has 0 unspecified atom stereocenters. The minimum absolute atomic E-state index is 0.231. The molecule has 8 heteroatoms. The summed E-state index contributed by atoms with van der Waals surface area (Å²) in [5.41, 5.74) is 2.92. The first kappa shape index (κ1) is 20.1. The molecule has 2 aliphatic rings. The van der Waals surface area contributed by atoms with Crippen molar-refractivity contribution in [1.29, 1.82) is 0 Å². The number of piperazine rings is 1. The lowest BCUT2D eigenvalue weighted by molar-refractivity contribution is 0.0668. The minimum atomic E-state index is -3.57. The SMILES string of the molecule is COc1cccc2cc(C(=O)N3CCN(S(=O)(=O)c4ccc5c(c4)CCC5)CC3)oc12. The topological polar surface area (TPSA) is 80.1 Å². The van der Waals surface area contributed by atoms with Gasteiger partial charge in [-0.05, 0) is 54.7 Å². The molecular formula is C23H24N2O5S. The number of hydrogen-bond acceptors (Lipinski definition) is 5. The predicted molar refractivity (Wildman–Crippen MR) is 116 cm³/mol. The number of amides is 1. The van der Waals surface area contributed by atoms with Gasteiger partial charge in [0.05, 0.1) is 12.0 Å². The molecule has 1 fully saturated rings. The van der Waals surface area contributed by atoms with E-state index in [2.05, 4.69) is 0 Å². The number of methoxy groups -OCH3 is 1. The maximum Gasteiger partial charge on any atom is 0.289 e. The number of rotatable bonds is 4. The molecule has 1 aliphatic carbocycles. The van der Waals surface area contributed by atoms with E-state index in [0.29, 0.717) is 29.3 Å². The van der Waals surface area contributed by atoms with Crippen molar-refractivity contribution in [3.8, 4) is 5.75 Å². The molecule has 31 heavy (non-hydrogen) atoms. The van der Waals surface area contributed by atoms with E-state index in [9.17, 15) is 13.2 Å². The lowest BCUT2D eigenvalue weighted by Crippen LogP contribution is -2.50. The lowest BCUT2D eigenvalue weighted by Gasteiger charge is -2.33. The summed E-state index contributed by atoms with van der Waals surface area (Å²) >= 11 is 0. The molecule has 2 aromatic carbocycles. The van der Waals surface area contributed by atoms with Gasteiger partial charge in [-0.1, -0.05) is 18.2 Å². The summed E-state index contributed by atoms with van der Waals surface area (Å²) in [5, 5.41) is 0.792. The van der Waals surface area contributed by atoms with E-state index in [1.54, 1.807) is 30.2 Å². The highest BCUT2D eigenvalue weighted by Gasteiger charge is 2.32. The summed E-state index contributed by atoms with van der Waals surface area (Å²) < 4.78 is 38.7. The molecule has 1 aromatic heterocycles. The van der Waals surface area contributed by atoms with E-state index in [4.69, 9.17) is 9.15 Å². The highest BCUT2D eigenvalue weighted by Crippen LogP contribution is 2.30. The van der Waals surface area contributed by atoms with Crippen molar-refractivity contribution >= 4 is 26.9 Å². The van der Waals surface area contributed by atoms with Crippen molar-refractivity contribution in [2.75, 3.05) is 33.3 Å². The van der Waals surface area contributed by atoms with Gasteiger partial charge in [-0.15, -0.1) is 0 Å². The van der Waals surface area contributed by atoms with Gasteiger partial charge in [-0.2, -0.15) is 4.31 Å². The Hall–Kier alpha value is -2.84. The fraction of sp³-hybridized carbons (Fsp3) is 0.348. The van der Waals surface area contributed by atoms with E-state index < -0.39 is 10.0 Å². The van der Waals surface area contributed by atoms with Crippen LogP contribution in [0.2, 0.25) is 0 Å². The summed E-state index contributed by atoms with van der Waals surface area (Å²) in [4.78, 5) is 14.9. The van der Waals surface area contributed by atoms with Gasteiger partial charge < -0.3 is 14.1 Å². The fourth-order valence-corrected chi connectivity index (χ4v) is 5.92. The Morgan fingerprint density at radius 1 is 1.00 bits per heavy atom. The molecule has 5 rings (SSSR count). The number of carbonyl (C=O) groups is 1. The second-order valence-corrected chi connectivity index (χ2v) is 9.91. The van der Waals surface area contributed by atoms with E-state index in [1.165, 1.54) is 9.87 Å². The van der Waals surface area contributed by atoms with Crippen molar-refractivity contribution in [2.45, 2.75) is 24.2 Å². The molecular weight excluding hydrogens is 416 g/mol. The summed E-state index contributed by atoms with van der Waals surface area (Å²) in [6.07, 6.45) is 3.03. The monoisotopic (exact) mass is 440 g/mol. The zero-order valence-electron chi connectivity index (χ0n) is 17.3. The van der Waals surface area contributed by atoms with Gasteiger partial charge in [0.1, 0.15) is 0 Å². The number of para-hydroxylation sites is 1. The first-order valence-corrected chi connectivity index (χ1v) is 11.9. The van der Waals surface area contributed by atoms with Crippen LogP contribution in [0.3, 0.4) is 0 Å². The third-order valence-electron chi connectivity index (χ3n) is 6.17. The van der Waals surface area contributed by atoms with E-state index in [-0.39, 0.29) is 24.8 Å². The number of hydrogen-bond donors (Lipinski definition) is 0. The number of ether oxygens (including phenoxy) is 1. The van der Waals surface area contributed by atoms with Crippen LogP contribution in [0.15, 0.2) is 51.8 Å². The highest BCUT2D eigenvalue weighted by molar-refractivity contribution is 7.89. The zero-order valence-corrected chi connectivity index (χ0v) is 18.2. The lowest BCUT2D eigenvalue weighted by atomic mass is 10.1. The number of sulfonamides is 1. The van der Waals surface area contributed by atoms with E-state index in [0.717, 1.165) is 30.2 Å². The normalized spacial score (nSPS) is 17.1. The average Bonchev–Trinajstić information content (AvgIpc) is 3.44. The van der Waals surface area contributed by atoms with Gasteiger partial charge in [0.25, 0.3) is 5.91 Å². The molecule has 1 aliphatic heterocycles. The molecule has 3 aromatic rings. The quantitative estimate of drug-likeness (QED) is 0.623. The van der Waals surface area contributed by atoms with Crippen molar-refractivity contribution in [3.05, 3.63) is 59.4 Å². The zero-order chi connectivity index (χ0) is 21.6. The molecule has 162 valence electrons. The number of benzene rings is 2. The largest absolute Gasteiger partial charge is 0.493 e. The van der Waals surface area contributed by atoms with Crippen LogP contribution in [0.5, 0.6) is 5.75 Å².